The Hall–Kier alpha value is 1.33. The average Bonchev–Trinajstić information content (AvgIpc) is 1.84. The summed E-state index contributed by atoms with van der Waals surface area (Å²) in [5.74, 6) is 0. The van der Waals surface area contributed by atoms with Gasteiger partial charge < -0.3 is 0 Å². The monoisotopic (exact) mass is 280 g/mol. The molecule has 0 aromatic carbocycles. The molecule has 0 atom stereocenters. The van der Waals surface area contributed by atoms with Crippen molar-refractivity contribution in [3.63, 3.8) is 0 Å². The van der Waals surface area contributed by atoms with Gasteiger partial charge in [-0.05, 0) is 13.8 Å². The van der Waals surface area contributed by atoms with E-state index < -0.39 is 19.0 Å². The quantitative estimate of drug-likeness (QED) is 0.547. The molecular formula is C6H12Cl4Si2. The van der Waals surface area contributed by atoms with Crippen LogP contribution in [-0.4, -0.2) is 28.0 Å². The first-order valence-corrected chi connectivity index (χ1v) is 8.44. The molecule has 0 aliphatic heterocycles. The van der Waals surface area contributed by atoms with Crippen LogP contribution in [0.25, 0.3) is 0 Å². The second-order valence-corrected chi connectivity index (χ2v) is 11.9. The molecule has 0 aliphatic rings. The lowest BCUT2D eigenvalue weighted by molar-refractivity contribution is 1.49. The van der Waals surface area contributed by atoms with Crippen LogP contribution in [0.4, 0.5) is 0 Å². The van der Waals surface area contributed by atoms with Crippen molar-refractivity contribution < 1.29 is 0 Å². The Balaban J connectivity index is 4.06. The average molecular weight is 282 g/mol. The van der Waals surface area contributed by atoms with Gasteiger partial charge in [-0.25, -0.2) is 0 Å². The minimum absolute atomic E-state index is 0.182. The first-order chi connectivity index (χ1) is 5.43. The highest BCUT2D eigenvalue weighted by Gasteiger charge is 2.07. The molecule has 0 saturated carbocycles. The van der Waals surface area contributed by atoms with Crippen LogP contribution in [0.2, 0.25) is 0 Å². The predicted octanol–water partition coefficient (Wildman–Crippen LogP) is 2.10. The van der Waals surface area contributed by atoms with Gasteiger partial charge in [-0.2, -0.15) is 0 Å². The highest BCUT2D eigenvalue weighted by atomic mass is 35.5. The van der Waals surface area contributed by atoms with Gasteiger partial charge in [0.25, 0.3) is 0 Å². The summed E-state index contributed by atoms with van der Waals surface area (Å²) in [6.07, 6.45) is 0. The topological polar surface area (TPSA) is 0 Å². The lowest BCUT2D eigenvalue weighted by Gasteiger charge is -2.07. The van der Waals surface area contributed by atoms with Crippen LogP contribution in [-0.2, 0) is 0 Å². The minimum atomic E-state index is -0.492. The van der Waals surface area contributed by atoms with Crippen LogP contribution in [0.5, 0.6) is 0 Å². The highest BCUT2D eigenvalue weighted by molar-refractivity contribution is 6.76. The Kier molecular flexibility index (Phi) is 7.49. The third kappa shape index (κ3) is 6.81. The van der Waals surface area contributed by atoms with E-state index in [2.05, 4.69) is 13.8 Å². The van der Waals surface area contributed by atoms with Gasteiger partial charge in [0, 0.05) is 0 Å². The van der Waals surface area contributed by atoms with E-state index >= 15 is 0 Å². The van der Waals surface area contributed by atoms with Crippen LogP contribution in [0.15, 0.2) is 10.4 Å². The largest absolute Gasteiger partial charge is 0.110 e. The number of alkyl halides is 4. The van der Waals surface area contributed by atoms with Crippen molar-refractivity contribution in [3.8, 4) is 0 Å². The van der Waals surface area contributed by atoms with Gasteiger partial charge in [0.15, 0.2) is 0 Å². The maximum absolute atomic E-state index is 5.70. The normalized spacial score (nSPS) is 16.0. The van der Waals surface area contributed by atoms with E-state index in [4.69, 9.17) is 46.4 Å². The highest BCUT2D eigenvalue weighted by Crippen LogP contribution is 2.11. The van der Waals surface area contributed by atoms with Crippen LogP contribution in [0.1, 0.15) is 13.8 Å². The standard InChI is InChI=1S/C6H12Cl4Si2/c1-3(11-5(7)8)4(2)12-6(9)10/h5-6H,11-12H2,1-2H3. The zero-order valence-corrected chi connectivity index (χ0v) is 12.9. The van der Waals surface area contributed by atoms with Crippen LogP contribution >= 0.6 is 46.4 Å². The molecule has 0 aromatic heterocycles. The smallest absolute Gasteiger partial charge is 0.0952 e. The molecule has 0 unspecified atom stereocenters. The first kappa shape index (κ1) is 13.3. The van der Waals surface area contributed by atoms with Gasteiger partial charge in [-0.15, -0.1) is 46.4 Å². The summed E-state index contributed by atoms with van der Waals surface area (Å²) in [5.41, 5.74) is 0. The summed E-state index contributed by atoms with van der Waals surface area (Å²) in [7, 11) is -0.984. The second-order valence-electron chi connectivity index (χ2n) is 2.75. The molecule has 0 fully saturated rings. The molecule has 0 radical (unpaired) electrons. The van der Waals surface area contributed by atoms with Crippen molar-refractivity contribution >= 4 is 65.4 Å². The Morgan fingerprint density at radius 3 is 1.25 bits per heavy atom. The van der Waals surface area contributed by atoms with E-state index in [9.17, 15) is 0 Å². The molecule has 0 rings (SSSR count). The van der Waals surface area contributed by atoms with Crippen LogP contribution in [0.3, 0.4) is 0 Å². The molecular weight excluding hydrogens is 270 g/mol. The van der Waals surface area contributed by atoms with E-state index in [0.717, 1.165) is 0 Å². The molecule has 0 nitrogen and oxygen atoms in total. The van der Waals surface area contributed by atoms with E-state index in [1.807, 2.05) is 0 Å². The molecule has 72 valence electrons. The van der Waals surface area contributed by atoms with Crippen molar-refractivity contribution in [2.75, 3.05) is 0 Å². The number of hydrogen-bond donors (Lipinski definition) is 0. The summed E-state index contributed by atoms with van der Waals surface area (Å²) >= 11 is 22.8. The summed E-state index contributed by atoms with van der Waals surface area (Å²) in [5, 5.41) is 2.73. The number of hydrogen-bond acceptors (Lipinski definition) is 0. The van der Waals surface area contributed by atoms with Crippen molar-refractivity contribution in [1.82, 2.24) is 0 Å². The number of rotatable bonds is 4. The van der Waals surface area contributed by atoms with E-state index in [1.54, 1.807) is 0 Å². The second kappa shape index (κ2) is 6.74. The summed E-state index contributed by atoms with van der Waals surface area (Å²) < 4.78 is -0.365. The third-order valence-electron chi connectivity index (χ3n) is 1.65. The van der Waals surface area contributed by atoms with Gasteiger partial charge in [-0.1, -0.05) is 10.4 Å². The predicted molar refractivity (Wildman–Crippen MR) is 66.5 cm³/mol. The van der Waals surface area contributed by atoms with Crippen molar-refractivity contribution in [2.24, 2.45) is 0 Å². The lowest BCUT2D eigenvalue weighted by Crippen LogP contribution is -2.11. The molecule has 12 heavy (non-hydrogen) atoms. The van der Waals surface area contributed by atoms with Gasteiger partial charge >= 0.3 is 0 Å². The van der Waals surface area contributed by atoms with Crippen LogP contribution in [0, 0.1) is 0 Å². The maximum atomic E-state index is 5.70. The SMILES string of the molecule is CC([SiH2]C(Cl)Cl)=C(C)[SiH2]C(Cl)Cl. The fourth-order valence-electron chi connectivity index (χ4n) is 0.811. The summed E-state index contributed by atoms with van der Waals surface area (Å²) in [6, 6.07) is 0. The molecule has 6 heteroatoms. The molecule has 0 heterocycles. The van der Waals surface area contributed by atoms with Gasteiger partial charge in [-0.3, -0.25) is 0 Å². The third-order valence-corrected chi connectivity index (χ3v) is 7.05. The fraction of sp³-hybridized carbons (Fsp3) is 0.667. The Morgan fingerprint density at radius 1 is 0.833 bits per heavy atom. The van der Waals surface area contributed by atoms with Gasteiger partial charge in [0.1, 0.15) is 0 Å². The number of allylic oxidation sites excluding steroid dienone is 2. The molecule has 0 N–H and O–H groups in total. The summed E-state index contributed by atoms with van der Waals surface area (Å²) in [6.45, 7) is 4.17. The van der Waals surface area contributed by atoms with Crippen molar-refractivity contribution in [2.45, 2.75) is 22.8 Å². The maximum Gasteiger partial charge on any atom is 0.0952 e. The van der Waals surface area contributed by atoms with Crippen molar-refractivity contribution in [1.29, 1.82) is 0 Å². The van der Waals surface area contributed by atoms with Crippen LogP contribution < -0.4 is 0 Å². The number of halogens is 4. The van der Waals surface area contributed by atoms with Gasteiger partial charge in [0.2, 0.25) is 0 Å². The van der Waals surface area contributed by atoms with E-state index in [1.165, 1.54) is 10.4 Å². The molecule has 0 aliphatic carbocycles. The molecule has 0 spiro atoms. The first-order valence-electron chi connectivity index (χ1n) is 3.65. The van der Waals surface area contributed by atoms with Gasteiger partial charge in [0.05, 0.1) is 28.0 Å². The van der Waals surface area contributed by atoms with E-state index in [0.29, 0.717) is 0 Å². The Labute approximate surface area is 98.2 Å². The molecule has 0 bridgehead atoms. The fourth-order valence-corrected chi connectivity index (χ4v) is 6.08. The Morgan fingerprint density at radius 2 is 1.08 bits per heavy atom. The van der Waals surface area contributed by atoms with Crippen molar-refractivity contribution in [3.05, 3.63) is 10.4 Å². The van der Waals surface area contributed by atoms with E-state index in [-0.39, 0.29) is 8.92 Å². The zero-order valence-electron chi connectivity index (χ0n) is 7.08. The molecule has 0 amide bonds. The Bertz CT molecular complexity index is 149. The molecule has 0 saturated heterocycles. The summed E-state index contributed by atoms with van der Waals surface area (Å²) in [4.78, 5) is 0. The molecule has 0 aromatic rings. The lowest BCUT2D eigenvalue weighted by atomic mass is 10.6. The minimum Gasteiger partial charge on any atom is -0.110 e. The zero-order chi connectivity index (χ0) is 9.72.